The Labute approximate surface area is 126 Å². The minimum Gasteiger partial charge on any atom is -0.435 e. The Balaban J connectivity index is 1.96. The number of amides is 1. The van der Waals surface area contributed by atoms with Gasteiger partial charge < -0.3 is 10.1 Å². The van der Waals surface area contributed by atoms with Crippen LogP contribution < -0.4 is 10.1 Å². The summed E-state index contributed by atoms with van der Waals surface area (Å²) in [5, 5.41) is 2.79. The van der Waals surface area contributed by atoms with Gasteiger partial charge in [0.1, 0.15) is 12.1 Å². The molecule has 22 heavy (non-hydrogen) atoms. The molecule has 0 spiro atoms. The molecule has 2 aromatic rings. The summed E-state index contributed by atoms with van der Waals surface area (Å²) in [5.41, 5.74) is 1.37. The van der Waals surface area contributed by atoms with Crippen LogP contribution in [0.15, 0.2) is 43.0 Å². The zero-order valence-corrected chi connectivity index (χ0v) is 11.9. The zero-order chi connectivity index (χ0) is 15.9. The molecule has 0 saturated heterocycles. The van der Waals surface area contributed by atoms with Crippen molar-refractivity contribution in [3.63, 3.8) is 0 Å². The number of benzene rings is 1. The van der Waals surface area contributed by atoms with Crippen molar-refractivity contribution in [1.29, 1.82) is 0 Å². The van der Waals surface area contributed by atoms with Crippen molar-refractivity contribution < 1.29 is 18.3 Å². The first kappa shape index (κ1) is 15.8. The highest BCUT2D eigenvalue weighted by Gasteiger charge is 2.12. The van der Waals surface area contributed by atoms with E-state index in [2.05, 4.69) is 20.0 Å². The lowest BCUT2D eigenvalue weighted by Gasteiger charge is -2.15. The molecule has 116 valence electrons. The standard InChI is InChI=1S/C15H15F2N3O2/c1-10(12-3-2-4-13(6-12)22-15(16)17)20-14(21)5-11-7-18-9-19-8-11/h2-4,6-10,15H,5H2,1H3,(H,20,21). The third-order valence-electron chi connectivity index (χ3n) is 2.94. The van der Waals surface area contributed by atoms with Crippen LogP contribution in [-0.4, -0.2) is 22.5 Å². The third-order valence-corrected chi connectivity index (χ3v) is 2.94. The Morgan fingerprint density at radius 1 is 1.32 bits per heavy atom. The van der Waals surface area contributed by atoms with Gasteiger partial charge in [0.15, 0.2) is 0 Å². The van der Waals surface area contributed by atoms with Gasteiger partial charge in [-0.05, 0) is 30.2 Å². The maximum Gasteiger partial charge on any atom is 0.387 e. The lowest BCUT2D eigenvalue weighted by Crippen LogP contribution is -2.28. The summed E-state index contributed by atoms with van der Waals surface area (Å²) in [6, 6.07) is 5.91. The number of hydrogen-bond acceptors (Lipinski definition) is 4. The number of carbonyl (C=O) groups is 1. The van der Waals surface area contributed by atoms with Gasteiger partial charge in [-0.15, -0.1) is 0 Å². The van der Waals surface area contributed by atoms with Gasteiger partial charge in [-0.3, -0.25) is 4.79 Å². The highest BCUT2D eigenvalue weighted by atomic mass is 19.3. The molecule has 0 saturated carbocycles. The van der Waals surface area contributed by atoms with Gasteiger partial charge in [0.25, 0.3) is 0 Å². The van der Waals surface area contributed by atoms with Gasteiger partial charge in [-0.1, -0.05) is 12.1 Å². The van der Waals surface area contributed by atoms with E-state index in [9.17, 15) is 13.6 Å². The van der Waals surface area contributed by atoms with Crippen LogP contribution in [0.1, 0.15) is 24.1 Å². The van der Waals surface area contributed by atoms with Crippen LogP contribution >= 0.6 is 0 Å². The topological polar surface area (TPSA) is 64.1 Å². The fourth-order valence-electron chi connectivity index (χ4n) is 1.94. The number of alkyl halides is 2. The lowest BCUT2D eigenvalue weighted by molar-refractivity contribution is -0.121. The van der Waals surface area contributed by atoms with Crippen LogP contribution in [0, 0.1) is 0 Å². The molecule has 7 heteroatoms. The monoisotopic (exact) mass is 307 g/mol. The lowest BCUT2D eigenvalue weighted by atomic mass is 10.1. The van der Waals surface area contributed by atoms with Crippen molar-refractivity contribution in [2.24, 2.45) is 0 Å². The van der Waals surface area contributed by atoms with E-state index in [0.29, 0.717) is 11.1 Å². The van der Waals surface area contributed by atoms with Gasteiger partial charge in [0.05, 0.1) is 12.5 Å². The van der Waals surface area contributed by atoms with Crippen LogP contribution in [0.4, 0.5) is 8.78 Å². The number of ether oxygens (including phenoxy) is 1. The van der Waals surface area contributed by atoms with Crippen molar-refractivity contribution in [2.45, 2.75) is 26.0 Å². The van der Waals surface area contributed by atoms with Gasteiger partial charge in [-0.2, -0.15) is 8.78 Å². The van der Waals surface area contributed by atoms with Gasteiger partial charge in [0, 0.05) is 12.4 Å². The second kappa shape index (κ2) is 7.44. The van der Waals surface area contributed by atoms with Crippen molar-refractivity contribution in [3.05, 3.63) is 54.1 Å². The molecule has 1 unspecified atom stereocenters. The highest BCUT2D eigenvalue weighted by molar-refractivity contribution is 5.78. The van der Waals surface area contributed by atoms with Crippen molar-refractivity contribution in [3.8, 4) is 5.75 Å². The molecule has 1 N–H and O–H groups in total. The number of nitrogens with one attached hydrogen (secondary N) is 1. The predicted octanol–water partition coefficient (Wildman–Crippen LogP) is 2.50. The molecular formula is C15H15F2N3O2. The average molecular weight is 307 g/mol. The molecule has 0 radical (unpaired) electrons. The Bertz CT molecular complexity index is 623. The second-order valence-corrected chi connectivity index (χ2v) is 4.66. The Morgan fingerprint density at radius 2 is 2.05 bits per heavy atom. The normalized spacial score (nSPS) is 12.0. The molecule has 1 amide bonds. The van der Waals surface area contributed by atoms with E-state index in [1.807, 2.05) is 0 Å². The quantitative estimate of drug-likeness (QED) is 0.890. The number of aromatic nitrogens is 2. The number of carbonyl (C=O) groups excluding carboxylic acids is 1. The van der Waals surface area contributed by atoms with E-state index in [1.165, 1.54) is 18.5 Å². The first-order valence-electron chi connectivity index (χ1n) is 6.62. The van der Waals surface area contributed by atoms with E-state index in [1.54, 1.807) is 31.5 Å². The van der Waals surface area contributed by atoms with E-state index in [4.69, 9.17) is 0 Å². The first-order chi connectivity index (χ1) is 10.5. The molecule has 1 aromatic carbocycles. The first-order valence-corrected chi connectivity index (χ1v) is 6.62. The largest absolute Gasteiger partial charge is 0.435 e. The van der Waals surface area contributed by atoms with Crippen LogP contribution in [0.5, 0.6) is 5.75 Å². The summed E-state index contributed by atoms with van der Waals surface area (Å²) in [6.07, 6.45) is 4.67. The average Bonchev–Trinajstić information content (AvgIpc) is 2.47. The summed E-state index contributed by atoms with van der Waals surface area (Å²) in [7, 11) is 0. The van der Waals surface area contributed by atoms with Crippen LogP contribution in [0.25, 0.3) is 0 Å². The van der Waals surface area contributed by atoms with E-state index in [0.717, 1.165) is 0 Å². The van der Waals surface area contributed by atoms with Crippen LogP contribution in [-0.2, 0) is 11.2 Å². The molecule has 1 atom stereocenters. The van der Waals surface area contributed by atoms with Crippen molar-refractivity contribution in [2.75, 3.05) is 0 Å². The molecule has 0 fully saturated rings. The molecule has 1 aromatic heterocycles. The third kappa shape index (κ3) is 4.76. The molecule has 2 rings (SSSR count). The molecule has 5 nitrogen and oxygen atoms in total. The van der Waals surface area contributed by atoms with Gasteiger partial charge in [-0.25, -0.2) is 9.97 Å². The Hall–Kier alpha value is -2.57. The maximum atomic E-state index is 12.2. The zero-order valence-electron chi connectivity index (χ0n) is 11.9. The Kier molecular flexibility index (Phi) is 5.35. The molecule has 0 aliphatic carbocycles. The van der Waals surface area contributed by atoms with Crippen LogP contribution in [0.3, 0.4) is 0 Å². The predicted molar refractivity (Wildman–Crippen MR) is 75.4 cm³/mol. The summed E-state index contributed by atoms with van der Waals surface area (Å²) < 4.78 is 28.7. The van der Waals surface area contributed by atoms with Crippen molar-refractivity contribution in [1.82, 2.24) is 15.3 Å². The van der Waals surface area contributed by atoms with E-state index in [-0.39, 0.29) is 24.1 Å². The van der Waals surface area contributed by atoms with Crippen LogP contribution in [0.2, 0.25) is 0 Å². The highest BCUT2D eigenvalue weighted by Crippen LogP contribution is 2.20. The summed E-state index contributed by atoms with van der Waals surface area (Å²) in [4.78, 5) is 19.6. The molecule has 0 aliphatic heterocycles. The molecule has 0 aliphatic rings. The minimum atomic E-state index is -2.88. The fourth-order valence-corrected chi connectivity index (χ4v) is 1.94. The number of rotatable bonds is 6. The SMILES string of the molecule is CC(NC(=O)Cc1cncnc1)c1cccc(OC(F)F)c1. The van der Waals surface area contributed by atoms with Gasteiger partial charge >= 0.3 is 6.61 Å². The van der Waals surface area contributed by atoms with E-state index >= 15 is 0 Å². The smallest absolute Gasteiger partial charge is 0.387 e. The molecule has 0 bridgehead atoms. The minimum absolute atomic E-state index is 0.0602. The van der Waals surface area contributed by atoms with E-state index < -0.39 is 6.61 Å². The molecular weight excluding hydrogens is 292 g/mol. The summed E-state index contributed by atoms with van der Waals surface area (Å²) in [5.74, 6) is -0.146. The summed E-state index contributed by atoms with van der Waals surface area (Å²) >= 11 is 0. The second-order valence-electron chi connectivity index (χ2n) is 4.66. The van der Waals surface area contributed by atoms with Crippen molar-refractivity contribution >= 4 is 5.91 Å². The molecule has 1 heterocycles. The number of hydrogen-bond donors (Lipinski definition) is 1. The summed E-state index contributed by atoms with van der Waals surface area (Å²) in [6.45, 7) is -1.11. The Morgan fingerprint density at radius 3 is 2.73 bits per heavy atom. The number of nitrogens with zero attached hydrogens (tertiary/aromatic N) is 2. The maximum absolute atomic E-state index is 12.2. The fraction of sp³-hybridized carbons (Fsp3) is 0.267. The van der Waals surface area contributed by atoms with Gasteiger partial charge in [0.2, 0.25) is 5.91 Å². The number of halogens is 2.